The first-order chi connectivity index (χ1) is 12.3. The molecular formula is C16H12N2O8. The number of rotatable bonds is 4. The maximum Gasteiger partial charge on any atom is 0.354 e. The zero-order valence-corrected chi connectivity index (χ0v) is 13.2. The van der Waals surface area contributed by atoms with Gasteiger partial charge in [0, 0.05) is 10.8 Å². The number of nitrogens with one attached hydrogen (secondary N) is 1. The summed E-state index contributed by atoms with van der Waals surface area (Å²) in [5.41, 5.74) is -1.60. The Morgan fingerprint density at radius 2 is 1.81 bits per heavy atom. The lowest BCUT2D eigenvalue weighted by molar-refractivity contribution is 0.0519. The zero-order valence-electron chi connectivity index (χ0n) is 13.2. The molecule has 0 spiro atoms. The molecule has 2 heterocycles. The zero-order chi connectivity index (χ0) is 19.2. The Morgan fingerprint density at radius 3 is 2.38 bits per heavy atom. The van der Waals surface area contributed by atoms with Crippen LogP contribution in [-0.2, 0) is 4.74 Å². The molecule has 0 aliphatic carbocycles. The number of ether oxygens (including phenoxy) is 1. The first-order valence-electron chi connectivity index (χ1n) is 7.31. The Hall–Kier alpha value is -3.82. The molecule has 0 aliphatic rings. The number of hydrogen-bond donors (Lipinski definition) is 5. The van der Waals surface area contributed by atoms with Crippen molar-refractivity contribution in [1.82, 2.24) is 9.97 Å². The van der Waals surface area contributed by atoms with Gasteiger partial charge in [0.05, 0.1) is 17.7 Å². The highest BCUT2D eigenvalue weighted by Gasteiger charge is 2.25. The summed E-state index contributed by atoms with van der Waals surface area (Å²) in [4.78, 5) is 41.0. The van der Waals surface area contributed by atoms with Crippen LogP contribution in [0.1, 0.15) is 38.3 Å². The molecule has 0 amide bonds. The summed E-state index contributed by atoms with van der Waals surface area (Å²) >= 11 is 0. The van der Waals surface area contributed by atoms with Crippen molar-refractivity contribution in [3.63, 3.8) is 0 Å². The summed E-state index contributed by atoms with van der Waals surface area (Å²) in [6.07, 6.45) is 0. The molecule has 0 fully saturated rings. The summed E-state index contributed by atoms with van der Waals surface area (Å²) in [7, 11) is 0. The molecule has 5 N–H and O–H groups in total. The maximum atomic E-state index is 11.9. The summed E-state index contributed by atoms with van der Waals surface area (Å²) in [5, 5.41) is 38.7. The first kappa shape index (κ1) is 17.0. The van der Waals surface area contributed by atoms with Crippen LogP contribution in [0.5, 0.6) is 11.5 Å². The third-order valence-corrected chi connectivity index (χ3v) is 3.74. The second-order valence-corrected chi connectivity index (χ2v) is 5.28. The van der Waals surface area contributed by atoms with Crippen LogP contribution in [-0.4, -0.2) is 54.9 Å². The summed E-state index contributed by atoms with van der Waals surface area (Å²) < 4.78 is 4.84. The van der Waals surface area contributed by atoms with Crippen molar-refractivity contribution in [2.45, 2.75) is 6.92 Å². The number of aromatic carboxylic acids is 2. The van der Waals surface area contributed by atoms with Crippen molar-refractivity contribution in [2.24, 2.45) is 0 Å². The van der Waals surface area contributed by atoms with Crippen molar-refractivity contribution in [1.29, 1.82) is 0 Å². The van der Waals surface area contributed by atoms with Crippen LogP contribution in [0.4, 0.5) is 0 Å². The van der Waals surface area contributed by atoms with E-state index >= 15 is 0 Å². The van der Waals surface area contributed by atoms with Crippen LogP contribution in [0, 0.1) is 0 Å². The fraction of sp³-hybridized carbons (Fsp3) is 0.125. The molecule has 10 heteroatoms. The van der Waals surface area contributed by atoms with Gasteiger partial charge in [-0.05, 0) is 19.1 Å². The molecule has 0 atom stereocenters. The second kappa shape index (κ2) is 5.92. The van der Waals surface area contributed by atoms with Crippen LogP contribution in [0.25, 0.3) is 21.8 Å². The van der Waals surface area contributed by atoms with E-state index in [0.29, 0.717) is 0 Å². The number of phenols is 2. The van der Waals surface area contributed by atoms with Gasteiger partial charge in [-0.2, -0.15) is 0 Å². The van der Waals surface area contributed by atoms with Gasteiger partial charge in [0.15, 0.2) is 11.5 Å². The monoisotopic (exact) mass is 360 g/mol. The van der Waals surface area contributed by atoms with Gasteiger partial charge in [-0.3, -0.25) is 0 Å². The SMILES string of the molecule is CCOC(=O)c1cc2c(O)c(O)c3nc(C(=O)O)cc(C(=O)O)c3c2[nH]1. The number of nitrogens with zero attached hydrogens (tertiary/aromatic N) is 1. The third kappa shape index (κ3) is 2.44. The average molecular weight is 360 g/mol. The molecule has 3 rings (SSSR count). The number of aromatic nitrogens is 2. The topological polar surface area (TPSA) is 170 Å². The van der Waals surface area contributed by atoms with Gasteiger partial charge in [-0.1, -0.05) is 0 Å². The highest BCUT2D eigenvalue weighted by Crippen LogP contribution is 2.42. The number of fused-ring (bicyclic) bond motifs is 3. The normalized spacial score (nSPS) is 11.0. The van der Waals surface area contributed by atoms with Gasteiger partial charge in [0.1, 0.15) is 16.9 Å². The minimum absolute atomic E-state index is 0.000178. The lowest BCUT2D eigenvalue weighted by Gasteiger charge is -2.09. The minimum Gasteiger partial charge on any atom is -0.504 e. The van der Waals surface area contributed by atoms with Crippen molar-refractivity contribution < 1.29 is 39.5 Å². The number of carbonyl (C=O) groups excluding carboxylic acids is 1. The number of phenolic OH excluding ortho intramolecular Hbond substituents is 2. The second-order valence-electron chi connectivity index (χ2n) is 5.28. The minimum atomic E-state index is -1.51. The summed E-state index contributed by atoms with van der Waals surface area (Å²) in [5.74, 6) is -5.20. The first-order valence-corrected chi connectivity index (χ1v) is 7.31. The number of esters is 1. The molecule has 3 aromatic rings. The van der Waals surface area contributed by atoms with E-state index in [1.807, 2.05) is 0 Å². The Bertz CT molecular complexity index is 1100. The standard InChI is InChI=1S/C16H12N2O8/c1-2-26-16(25)8-4-6-10(18-8)9-5(14(21)22)3-7(15(23)24)17-11(9)13(20)12(6)19/h3-4,18-20H,2H2,1H3,(H,21,22)(H,23,24). The number of hydrogen-bond acceptors (Lipinski definition) is 7. The molecule has 10 nitrogen and oxygen atoms in total. The predicted octanol–water partition coefficient (Wildman–Crippen LogP) is 1.70. The Morgan fingerprint density at radius 1 is 1.12 bits per heavy atom. The molecular weight excluding hydrogens is 348 g/mol. The molecule has 0 unspecified atom stereocenters. The van der Waals surface area contributed by atoms with Crippen LogP contribution in [0.3, 0.4) is 0 Å². The Kier molecular flexibility index (Phi) is 3.87. The van der Waals surface area contributed by atoms with Crippen LogP contribution < -0.4 is 0 Å². The third-order valence-electron chi connectivity index (χ3n) is 3.74. The van der Waals surface area contributed by atoms with E-state index in [9.17, 15) is 29.7 Å². The van der Waals surface area contributed by atoms with Crippen molar-refractivity contribution in [3.8, 4) is 11.5 Å². The average Bonchev–Trinajstić information content (AvgIpc) is 3.04. The van der Waals surface area contributed by atoms with Crippen LogP contribution >= 0.6 is 0 Å². The summed E-state index contributed by atoms with van der Waals surface area (Å²) in [6, 6.07) is 2.02. The van der Waals surface area contributed by atoms with Crippen molar-refractivity contribution >= 4 is 39.7 Å². The highest BCUT2D eigenvalue weighted by molar-refractivity contribution is 6.19. The lowest BCUT2D eigenvalue weighted by atomic mass is 10.0. The number of aromatic amines is 1. The number of benzene rings is 1. The predicted molar refractivity (Wildman–Crippen MR) is 86.8 cm³/mol. The van der Waals surface area contributed by atoms with E-state index in [4.69, 9.17) is 9.84 Å². The van der Waals surface area contributed by atoms with E-state index in [1.54, 1.807) is 6.92 Å². The molecule has 0 aliphatic heterocycles. The molecule has 1 aromatic carbocycles. The fourth-order valence-electron chi connectivity index (χ4n) is 2.64. The van der Waals surface area contributed by atoms with Gasteiger partial charge in [-0.15, -0.1) is 0 Å². The van der Waals surface area contributed by atoms with E-state index in [-0.39, 0.29) is 28.6 Å². The van der Waals surface area contributed by atoms with E-state index in [1.165, 1.54) is 6.07 Å². The Balaban J connectivity index is 2.49. The van der Waals surface area contributed by atoms with Crippen LogP contribution in [0.2, 0.25) is 0 Å². The number of carboxylic acid groups (broad SMARTS) is 2. The molecule has 26 heavy (non-hydrogen) atoms. The van der Waals surface area contributed by atoms with Gasteiger partial charge in [0.2, 0.25) is 0 Å². The smallest absolute Gasteiger partial charge is 0.354 e. The van der Waals surface area contributed by atoms with E-state index in [0.717, 1.165) is 6.07 Å². The number of aromatic hydroxyl groups is 2. The van der Waals surface area contributed by atoms with Gasteiger partial charge >= 0.3 is 17.9 Å². The highest BCUT2D eigenvalue weighted by atomic mass is 16.5. The molecule has 0 bridgehead atoms. The van der Waals surface area contributed by atoms with Crippen LogP contribution in [0.15, 0.2) is 12.1 Å². The molecule has 2 aromatic heterocycles. The summed E-state index contributed by atoms with van der Waals surface area (Å²) in [6.45, 7) is 1.69. The lowest BCUT2D eigenvalue weighted by Crippen LogP contribution is -2.07. The maximum absolute atomic E-state index is 11.9. The van der Waals surface area contributed by atoms with Crippen molar-refractivity contribution in [3.05, 3.63) is 29.1 Å². The fourth-order valence-corrected chi connectivity index (χ4v) is 2.64. The van der Waals surface area contributed by atoms with E-state index in [2.05, 4.69) is 9.97 Å². The molecule has 0 radical (unpaired) electrons. The van der Waals surface area contributed by atoms with Gasteiger partial charge < -0.3 is 30.1 Å². The largest absolute Gasteiger partial charge is 0.504 e. The number of carboxylic acids is 2. The quantitative estimate of drug-likeness (QED) is 0.343. The number of pyridine rings is 1. The molecule has 0 saturated carbocycles. The molecule has 0 saturated heterocycles. The molecule has 134 valence electrons. The number of H-pyrrole nitrogens is 1. The number of carbonyl (C=O) groups is 3. The van der Waals surface area contributed by atoms with Gasteiger partial charge in [0.25, 0.3) is 0 Å². The van der Waals surface area contributed by atoms with Crippen molar-refractivity contribution in [2.75, 3.05) is 6.61 Å². The van der Waals surface area contributed by atoms with E-state index < -0.39 is 46.2 Å². The Labute approximate surface area is 144 Å². The van der Waals surface area contributed by atoms with Gasteiger partial charge in [-0.25, -0.2) is 19.4 Å².